The van der Waals surface area contributed by atoms with Crippen LogP contribution in [0.3, 0.4) is 0 Å². The standard InChI is InChI=1S/C13H14Cl2N4.C10H15N.C3Cl3N3.Al.3ClH/c1-3-19(4-2)10-7-5-9(6-8-10)11-16-12(14)18-13(15)17-11;1-3-11(4-2)10-8-6-5-7-9-10;4-1-7-2(5)9-3(6)8-1;;;;/h5-8H,3-4H2,1-2H3;5-9H,3-4H2,1-2H3;;;3*1H/q;;;+3;;;/p-3. The zero-order valence-corrected chi connectivity index (χ0v) is 30.9. The SMILES string of the molecule is CCN(CC)c1ccc(-c2nc(Cl)nc(Cl)n2)cc1.CCN(CC)c1ccccc1.Clc1nc(Cl)nc(Cl)n1.[Cl][Al]([Cl])[Cl]. The van der Waals surface area contributed by atoms with Crippen LogP contribution in [0, 0.1) is 0 Å². The Morgan fingerprint density at radius 3 is 1.12 bits per heavy atom. The molecule has 0 atom stereocenters. The maximum atomic E-state index is 5.77. The van der Waals surface area contributed by atoms with Crippen LogP contribution in [-0.2, 0) is 0 Å². The fraction of sp³-hybridized carbons (Fsp3) is 0.308. The number of para-hydroxylation sites is 1. The van der Waals surface area contributed by atoms with Crippen LogP contribution in [0.25, 0.3) is 11.4 Å². The lowest BCUT2D eigenvalue weighted by molar-refractivity contribution is 0.866. The molecule has 0 saturated heterocycles. The lowest BCUT2D eigenvalue weighted by Gasteiger charge is -2.20. The van der Waals surface area contributed by atoms with Gasteiger partial charge in [0.05, 0.1) is 0 Å². The van der Waals surface area contributed by atoms with E-state index in [1.807, 2.05) is 30.3 Å². The van der Waals surface area contributed by atoms with Crippen molar-refractivity contribution in [2.75, 3.05) is 36.0 Å². The first-order valence-electron chi connectivity index (χ1n) is 12.8. The third-order valence-electron chi connectivity index (χ3n) is 5.27. The van der Waals surface area contributed by atoms with Gasteiger partial charge < -0.3 is 9.80 Å². The summed E-state index contributed by atoms with van der Waals surface area (Å²) in [6, 6.07) is 18.5. The third kappa shape index (κ3) is 16.7. The second kappa shape index (κ2) is 22.4. The largest absolute Gasteiger partial charge is 0.643 e. The van der Waals surface area contributed by atoms with Gasteiger partial charge in [0.1, 0.15) is 0 Å². The molecule has 232 valence electrons. The van der Waals surface area contributed by atoms with Crippen molar-refractivity contribution in [2.45, 2.75) is 27.7 Å². The molecule has 4 aromatic rings. The molecule has 17 heteroatoms. The van der Waals surface area contributed by atoms with Gasteiger partial charge in [0.25, 0.3) is 0 Å². The third-order valence-corrected chi connectivity index (χ3v) is 6.12. The summed E-state index contributed by atoms with van der Waals surface area (Å²) in [5.74, 6) is 0.482. The quantitative estimate of drug-likeness (QED) is 0.172. The van der Waals surface area contributed by atoms with Gasteiger partial charge in [-0.25, -0.2) is 30.1 Å². The number of benzene rings is 2. The Morgan fingerprint density at radius 1 is 0.488 bits per heavy atom. The molecule has 2 aromatic carbocycles. The molecule has 0 N–H and O–H groups in total. The zero-order valence-electron chi connectivity index (χ0n) is 23.7. The van der Waals surface area contributed by atoms with E-state index in [0.717, 1.165) is 31.7 Å². The summed E-state index contributed by atoms with van der Waals surface area (Å²) in [4.78, 5) is 26.8. The van der Waals surface area contributed by atoms with E-state index in [1.54, 1.807) is 0 Å². The lowest BCUT2D eigenvalue weighted by Crippen LogP contribution is -2.21. The number of anilines is 2. The second-order valence-corrected chi connectivity index (χ2v) is 15.9. The summed E-state index contributed by atoms with van der Waals surface area (Å²) < 4.78 is 0. The Kier molecular flexibility index (Phi) is 20.8. The average Bonchev–Trinajstić information content (AvgIpc) is 2.95. The Morgan fingerprint density at radius 2 is 0.791 bits per heavy atom. The molecule has 0 saturated carbocycles. The van der Waals surface area contributed by atoms with Crippen molar-refractivity contribution >= 4 is 111 Å². The van der Waals surface area contributed by atoms with E-state index in [4.69, 9.17) is 88.2 Å². The van der Waals surface area contributed by atoms with Crippen molar-refractivity contribution in [3.05, 3.63) is 81.0 Å². The average molecular weight is 764 g/mol. The van der Waals surface area contributed by atoms with Gasteiger partial charge in [-0.3, -0.25) is 0 Å². The minimum atomic E-state index is -1.72. The van der Waals surface area contributed by atoms with Crippen molar-refractivity contribution in [3.8, 4) is 11.4 Å². The molecule has 2 heterocycles. The molecule has 0 bridgehead atoms. The molecule has 0 fully saturated rings. The van der Waals surface area contributed by atoms with Crippen LogP contribution in [-0.4, -0.2) is 67.5 Å². The normalized spacial score (nSPS) is 9.77. The van der Waals surface area contributed by atoms with Gasteiger partial charge >= 0.3 is 11.4 Å². The van der Waals surface area contributed by atoms with Gasteiger partial charge in [0, 0.05) is 43.1 Å². The van der Waals surface area contributed by atoms with E-state index in [1.165, 1.54) is 11.4 Å². The lowest BCUT2D eigenvalue weighted by atomic mass is 10.2. The second-order valence-electron chi connectivity index (χ2n) is 7.81. The Bertz CT molecular complexity index is 1260. The number of hydrogen-bond acceptors (Lipinski definition) is 8. The zero-order chi connectivity index (χ0) is 32.4. The van der Waals surface area contributed by atoms with E-state index < -0.39 is 11.4 Å². The Balaban J connectivity index is 0.000000327. The molecule has 0 radical (unpaired) electrons. The highest BCUT2D eigenvalue weighted by Gasteiger charge is 2.07. The first-order valence-corrected chi connectivity index (χ1v) is 19.9. The monoisotopic (exact) mass is 760 g/mol. The van der Waals surface area contributed by atoms with Crippen molar-refractivity contribution in [3.63, 3.8) is 0 Å². The molecule has 0 spiro atoms. The van der Waals surface area contributed by atoms with E-state index in [-0.39, 0.29) is 26.4 Å². The molecule has 4 rings (SSSR count). The highest BCUT2D eigenvalue weighted by molar-refractivity contribution is 7.54. The fourth-order valence-electron chi connectivity index (χ4n) is 3.40. The highest BCUT2D eigenvalue weighted by atomic mass is 35.8. The Hall–Kier alpha value is -1.09. The van der Waals surface area contributed by atoms with Gasteiger partial charge in [-0.2, -0.15) is 29.9 Å². The molecule has 0 unspecified atom stereocenters. The van der Waals surface area contributed by atoms with Gasteiger partial charge in [-0.1, -0.05) is 18.2 Å². The summed E-state index contributed by atoms with van der Waals surface area (Å²) in [6.45, 7) is 12.7. The highest BCUT2D eigenvalue weighted by Crippen LogP contribution is 2.22. The van der Waals surface area contributed by atoms with Crippen LogP contribution in [0.4, 0.5) is 11.4 Å². The minimum Gasteiger partial charge on any atom is -0.372 e. The van der Waals surface area contributed by atoms with Crippen molar-refractivity contribution in [1.29, 1.82) is 0 Å². The van der Waals surface area contributed by atoms with Crippen molar-refractivity contribution in [1.82, 2.24) is 29.9 Å². The van der Waals surface area contributed by atoms with E-state index in [9.17, 15) is 0 Å². The van der Waals surface area contributed by atoms with Crippen LogP contribution in [0.1, 0.15) is 27.7 Å². The Labute approximate surface area is 294 Å². The number of aromatic nitrogens is 6. The predicted molar refractivity (Wildman–Crippen MR) is 187 cm³/mol. The van der Waals surface area contributed by atoms with E-state index in [0.29, 0.717) is 5.82 Å². The van der Waals surface area contributed by atoms with Crippen molar-refractivity contribution < 1.29 is 0 Å². The topological polar surface area (TPSA) is 83.8 Å². The minimum absolute atomic E-state index is 0.000000000000000444. The predicted octanol–water partition coefficient (Wildman–Crippen LogP) is 9.74. The van der Waals surface area contributed by atoms with Gasteiger partial charge in [0.2, 0.25) is 26.4 Å². The van der Waals surface area contributed by atoms with Crippen LogP contribution in [0.15, 0.2) is 54.6 Å². The molecule has 0 amide bonds. The smallest absolute Gasteiger partial charge is 0.372 e. The van der Waals surface area contributed by atoms with Gasteiger partial charge in [0.15, 0.2) is 5.82 Å². The molecule has 8 nitrogen and oxygen atoms in total. The molecule has 2 aromatic heterocycles. The van der Waals surface area contributed by atoms with Crippen LogP contribution in [0.5, 0.6) is 0 Å². The van der Waals surface area contributed by atoms with E-state index >= 15 is 0 Å². The number of hydrogen-bond donors (Lipinski definition) is 0. The van der Waals surface area contributed by atoms with Crippen molar-refractivity contribution in [2.24, 2.45) is 0 Å². The first kappa shape index (κ1) is 39.9. The summed E-state index contributed by atoms with van der Waals surface area (Å²) in [5, 5.41) is 0.200. The van der Waals surface area contributed by atoms with Crippen LogP contribution < -0.4 is 9.80 Å². The summed E-state index contributed by atoms with van der Waals surface area (Å²) in [5.41, 5.74) is 3.35. The first-order chi connectivity index (χ1) is 20.4. The molecule has 43 heavy (non-hydrogen) atoms. The van der Waals surface area contributed by atoms with Gasteiger partial charge in [-0.15, -0.1) is 0 Å². The summed E-state index contributed by atoms with van der Waals surface area (Å²) in [7, 11) is 14.8. The number of halogens is 8. The van der Waals surface area contributed by atoms with E-state index in [2.05, 4.69) is 91.7 Å². The number of nitrogens with zero attached hydrogens (tertiary/aromatic N) is 8. The summed E-state index contributed by atoms with van der Waals surface area (Å²) in [6.07, 6.45) is 0. The maximum Gasteiger partial charge on any atom is 0.643 e. The number of rotatable bonds is 7. The van der Waals surface area contributed by atoms with Gasteiger partial charge in [-0.05, 0) is 122 Å². The molecular weight excluding hydrogens is 735 g/mol. The molecular formula is C26H29AlCl8N8. The maximum absolute atomic E-state index is 5.77. The molecule has 0 aliphatic carbocycles. The summed E-state index contributed by atoms with van der Waals surface area (Å²) >= 11 is 25.8. The van der Waals surface area contributed by atoms with Crippen LogP contribution in [0.2, 0.25) is 26.4 Å². The van der Waals surface area contributed by atoms with Crippen LogP contribution >= 0.6 is 88.2 Å². The molecule has 0 aliphatic heterocycles. The fourth-order valence-corrected chi connectivity index (χ4v) is 4.37. The molecule has 0 aliphatic rings.